The van der Waals surface area contributed by atoms with Crippen LogP contribution >= 0.6 is 0 Å². The van der Waals surface area contributed by atoms with Crippen LogP contribution in [0.2, 0.25) is 0 Å². The number of aliphatic hydroxyl groups excluding tert-OH is 1. The van der Waals surface area contributed by atoms with Crippen molar-refractivity contribution in [1.82, 2.24) is 39.6 Å². The van der Waals surface area contributed by atoms with Crippen molar-refractivity contribution in [3.05, 3.63) is 40.6 Å². The number of hydrogen-bond donors (Lipinski definition) is 2. The number of ether oxygens (including phenoxy) is 1. The second kappa shape index (κ2) is 9.51. The van der Waals surface area contributed by atoms with Crippen LogP contribution in [0.4, 0.5) is 0 Å². The Balaban J connectivity index is 1.72. The number of hydrogen-bond acceptors (Lipinski definition) is 7. The van der Waals surface area contributed by atoms with Crippen LogP contribution in [0, 0.1) is 6.92 Å². The molecule has 2 atom stereocenters. The van der Waals surface area contributed by atoms with E-state index in [1.807, 2.05) is 43.9 Å². The molecule has 4 aromatic heterocycles. The van der Waals surface area contributed by atoms with Gasteiger partial charge in [-0.15, -0.1) is 0 Å². The van der Waals surface area contributed by atoms with Crippen LogP contribution < -0.4 is 4.74 Å². The van der Waals surface area contributed by atoms with Gasteiger partial charge in [-0.2, -0.15) is 15.3 Å². The van der Waals surface area contributed by atoms with Gasteiger partial charge in [0.25, 0.3) is 0 Å². The first-order chi connectivity index (χ1) is 17.3. The zero-order chi connectivity index (χ0) is 25.6. The lowest BCUT2D eigenvalue weighted by atomic mass is 10.1. The molecular weight excluding hydrogens is 456 g/mol. The van der Waals surface area contributed by atoms with Crippen LogP contribution in [0.5, 0.6) is 5.88 Å². The van der Waals surface area contributed by atoms with E-state index < -0.39 is 0 Å². The first-order valence-electron chi connectivity index (χ1n) is 12.4. The smallest absolute Gasteiger partial charge is 0.221 e. The summed E-state index contributed by atoms with van der Waals surface area (Å²) in [6.45, 7) is 9.51. The topological polar surface area (TPSA) is 110 Å². The molecule has 10 heteroatoms. The normalized spacial score (nSPS) is 18.4. The van der Waals surface area contributed by atoms with Crippen LogP contribution in [-0.4, -0.2) is 71.1 Å². The first-order valence-corrected chi connectivity index (χ1v) is 12.4. The summed E-state index contributed by atoms with van der Waals surface area (Å²) in [5.74, 6) is 0.698. The second-order valence-corrected chi connectivity index (χ2v) is 9.71. The van der Waals surface area contributed by atoms with E-state index in [2.05, 4.69) is 47.2 Å². The Morgan fingerprint density at radius 2 is 2.06 bits per heavy atom. The van der Waals surface area contributed by atoms with Crippen molar-refractivity contribution >= 4 is 23.1 Å². The van der Waals surface area contributed by atoms with Crippen molar-refractivity contribution < 1.29 is 9.84 Å². The van der Waals surface area contributed by atoms with Gasteiger partial charge in [0.15, 0.2) is 0 Å². The zero-order valence-corrected chi connectivity index (χ0v) is 21.8. The summed E-state index contributed by atoms with van der Waals surface area (Å²) in [7, 11) is 3.98. The summed E-state index contributed by atoms with van der Waals surface area (Å²) < 4.78 is 10.2. The molecule has 0 aromatic carbocycles. The molecule has 190 valence electrons. The molecule has 0 radical (unpaired) electrons. The van der Waals surface area contributed by atoms with Crippen LogP contribution in [0.1, 0.15) is 55.2 Å². The van der Waals surface area contributed by atoms with Crippen LogP contribution in [0.3, 0.4) is 0 Å². The van der Waals surface area contributed by atoms with E-state index in [4.69, 9.17) is 14.8 Å². The van der Waals surface area contributed by atoms with Gasteiger partial charge < -0.3 is 9.84 Å². The van der Waals surface area contributed by atoms with Crippen molar-refractivity contribution in [2.45, 2.75) is 52.8 Å². The summed E-state index contributed by atoms with van der Waals surface area (Å²) in [6.07, 6.45) is 6.64. The summed E-state index contributed by atoms with van der Waals surface area (Å²) in [6, 6.07) is 1.92. The Morgan fingerprint density at radius 3 is 2.81 bits per heavy atom. The van der Waals surface area contributed by atoms with E-state index in [1.165, 1.54) is 0 Å². The van der Waals surface area contributed by atoms with Gasteiger partial charge in [0.1, 0.15) is 6.10 Å². The number of likely N-dealkylation sites (N-methyl/N-ethyl adjacent to an activating group) is 1. The molecule has 2 N–H and O–H groups in total. The predicted molar refractivity (Wildman–Crippen MR) is 140 cm³/mol. The second-order valence-electron chi connectivity index (χ2n) is 9.71. The van der Waals surface area contributed by atoms with E-state index in [9.17, 15) is 5.11 Å². The van der Waals surface area contributed by atoms with Gasteiger partial charge in [-0.25, -0.2) is 4.68 Å². The van der Waals surface area contributed by atoms with Crippen LogP contribution in [-0.2, 0) is 20.0 Å². The van der Waals surface area contributed by atoms with Crippen molar-refractivity contribution in [2.24, 2.45) is 7.05 Å². The largest absolute Gasteiger partial charge is 0.473 e. The maximum atomic E-state index is 9.92. The minimum absolute atomic E-state index is 0.0205. The summed E-state index contributed by atoms with van der Waals surface area (Å²) >= 11 is 0. The third-order valence-corrected chi connectivity index (χ3v) is 6.76. The lowest BCUT2D eigenvalue weighted by molar-refractivity contribution is 0.145. The Hall–Kier alpha value is -3.50. The molecule has 0 spiro atoms. The number of nitrogens with zero attached hydrogens (tertiary/aromatic N) is 7. The number of aryl methyl sites for hydroxylation is 3. The molecule has 0 fully saturated rings. The summed E-state index contributed by atoms with van der Waals surface area (Å²) in [5.41, 5.74) is 7.38. The average Bonchev–Trinajstić information content (AvgIpc) is 3.49. The molecule has 0 amide bonds. The zero-order valence-electron chi connectivity index (χ0n) is 21.8. The van der Waals surface area contributed by atoms with Crippen molar-refractivity contribution in [2.75, 3.05) is 20.2 Å². The molecule has 1 aliphatic rings. The minimum Gasteiger partial charge on any atom is -0.473 e. The van der Waals surface area contributed by atoms with Crippen LogP contribution in [0.15, 0.2) is 12.3 Å². The fourth-order valence-corrected chi connectivity index (χ4v) is 5.00. The summed E-state index contributed by atoms with van der Waals surface area (Å²) in [5, 5.41) is 28.1. The molecule has 1 aliphatic heterocycles. The fraction of sp³-hybridized carbons (Fsp3) is 0.462. The third kappa shape index (κ3) is 4.20. The Labute approximate surface area is 210 Å². The molecule has 5 heterocycles. The molecule has 5 rings (SSSR count). The molecule has 0 saturated heterocycles. The molecular formula is C26H34N8O2. The minimum atomic E-state index is -0.128. The summed E-state index contributed by atoms with van der Waals surface area (Å²) in [4.78, 5) is 6.93. The molecule has 2 bridgehead atoms. The van der Waals surface area contributed by atoms with Gasteiger partial charge in [0, 0.05) is 31.1 Å². The first kappa shape index (κ1) is 24.2. The number of fused-ring (bicyclic) bond motifs is 4. The molecule has 36 heavy (non-hydrogen) atoms. The van der Waals surface area contributed by atoms with Gasteiger partial charge in [-0.05, 0) is 52.5 Å². The van der Waals surface area contributed by atoms with Crippen molar-refractivity contribution in [3.8, 4) is 17.1 Å². The molecule has 0 aliphatic carbocycles. The Bertz CT molecular complexity index is 1430. The van der Waals surface area contributed by atoms with Gasteiger partial charge in [0.2, 0.25) is 5.88 Å². The average molecular weight is 491 g/mol. The molecule has 0 saturated carbocycles. The van der Waals surface area contributed by atoms with Gasteiger partial charge in [-0.1, -0.05) is 6.92 Å². The van der Waals surface area contributed by atoms with Crippen molar-refractivity contribution in [1.29, 1.82) is 0 Å². The number of pyridine rings is 1. The molecule has 10 nitrogen and oxygen atoms in total. The lowest BCUT2D eigenvalue weighted by Gasteiger charge is -2.24. The molecule has 4 aromatic rings. The lowest BCUT2D eigenvalue weighted by Crippen LogP contribution is -2.32. The highest BCUT2D eigenvalue weighted by Crippen LogP contribution is 2.34. The van der Waals surface area contributed by atoms with E-state index >= 15 is 0 Å². The quantitative estimate of drug-likeness (QED) is 0.453. The third-order valence-electron chi connectivity index (χ3n) is 6.76. The fourth-order valence-electron chi connectivity index (χ4n) is 5.00. The standard InChI is InChI=1S/C26H34N8O2/c1-7-20-18-8-9-21-19-10-22(27-11-23(19)29-28-21)25-17(4)30-33(6)26(25)36-16(3)12-32(5)13-24(18)34(31-20)15(2)14-35/h8-11,15-16,35H,7,12-14H2,1-6H3,(H,28,29)/b9-8+/t15-,16?/m0/s1. The number of aliphatic hydroxyl groups is 1. The number of aromatic nitrogens is 7. The highest BCUT2D eigenvalue weighted by atomic mass is 16.5. The Kier molecular flexibility index (Phi) is 6.40. The number of rotatable bonds is 3. The number of nitrogens with one attached hydrogen (secondary N) is 1. The van der Waals surface area contributed by atoms with Gasteiger partial charge in [0.05, 0.1) is 58.4 Å². The SMILES string of the molecule is CCc1nn([C@@H](C)CO)c2c1/C=C/c1n[nH]c3cnc(cc13)-c1c(C)nn(C)c1OC(C)CN(C)C2. The monoisotopic (exact) mass is 490 g/mol. The Morgan fingerprint density at radius 1 is 1.25 bits per heavy atom. The van der Waals surface area contributed by atoms with Crippen LogP contribution in [0.25, 0.3) is 34.3 Å². The highest BCUT2D eigenvalue weighted by molar-refractivity contribution is 5.92. The maximum Gasteiger partial charge on any atom is 0.221 e. The van der Waals surface area contributed by atoms with Crippen molar-refractivity contribution in [3.63, 3.8) is 0 Å². The molecule has 1 unspecified atom stereocenters. The predicted octanol–water partition coefficient (Wildman–Crippen LogP) is 3.36. The van der Waals surface area contributed by atoms with Gasteiger partial charge in [-0.3, -0.25) is 19.7 Å². The van der Waals surface area contributed by atoms with E-state index in [-0.39, 0.29) is 18.8 Å². The van der Waals surface area contributed by atoms with Gasteiger partial charge >= 0.3 is 0 Å². The maximum absolute atomic E-state index is 9.92. The number of H-pyrrole nitrogens is 1. The highest BCUT2D eigenvalue weighted by Gasteiger charge is 2.24. The van der Waals surface area contributed by atoms with E-state index in [0.717, 1.165) is 56.9 Å². The van der Waals surface area contributed by atoms with E-state index in [0.29, 0.717) is 19.0 Å². The number of aromatic amines is 1. The van der Waals surface area contributed by atoms with E-state index in [1.54, 1.807) is 4.68 Å².